The van der Waals surface area contributed by atoms with Gasteiger partial charge in [-0.15, -0.1) is 0 Å². The minimum atomic E-state index is -0.513. The smallest absolute Gasteiger partial charge is 0.105 e. The summed E-state index contributed by atoms with van der Waals surface area (Å²) in [5, 5.41) is 10.2. The fourth-order valence-electron chi connectivity index (χ4n) is 2.44. The van der Waals surface area contributed by atoms with Crippen LogP contribution in [0, 0.1) is 0 Å². The standard InChI is InChI=1S/C15H22O2/c1-3-14(17-2)15(16)13-9-7-12(8-10-13)11-5-4-6-11/h7-11,14-16H,3-6H2,1-2H3. The van der Waals surface area contributed by atoms with Gasteiger partial charge in [-0.2, -0.15) is 0 Å². The van der Waals surface area contributed by atoms with Crippen LogP contribution in [0.4, 0.5) is 0 Å². The molecule has 2 rings (SSSR count). The first-order valence-electron chi connectivity index (χ1n) is 6.57. The molecule has 0 saturated heterocycles. The zero-order chi connectivity index (χ0) is 12.3. The second-order valence-corrected chi connectivity index (χ2v) is 4.92. The van der Waals surface area contributed by atoms with Crippen molar-refractivity contribution in [2.24, 2.45) is 0 Å². The zero-order valence-corrected chi connectivity index (χ0v) is 10.7. The minimum absolute atomic E-state index is 0.107. The first-order valence-corrected chi connectivity index (χ1v) is 6.57. The van der Waals surface area contributed by atoms with E-state index in [0.29, 0.717) is 0 Å². The summed E-state index contributed by atoms with van der Waals surface area (Å²) in [6, 6.07) is 8.40. The molecule has 0 bridgehead atoms. The Bertz CT molecular complexity index is 336. The normalized spacial score (nSPS) is 19.7. The molecule has 2 unspecified atom stereocenters. The Kier molecular flexibility index (Phi) is 4.19. The Labute approximate surface area is 104 Å². The van der Waals surface area contributed by atoms with E-state index in [2.05, 4.69) is 12.1 Å². The third-order valence-electron chi connectivity index (χ3n) is 3.91. The SMILES string of the molecule is CCC(OC)C(O)c1ccc(C2CCC2)cc1. The second-order valence-electron chi connectivity index (χ2n) is 4.92. The quantitative estimate of drug-likeness (QED) is 0.846. The molecule has 1 aliphatic carbocycles. The fourth-order valence-corrected chi connectivity index (χ4v) is 2.44. The van der Waals surface area contributed by atoms with Gasteiger partial charge in [-0.05, 0) is 36.3 Å². The second kappa shape index (κ2) is 5.65. The Hall–Kier alpha value is -0.860. The molecule has 0 aliphatic heterocycles. The molecule has 0 aromatic heterocycles. The first-order chi connectivity index (χ1) is 8.26. The van der Waals surface area contributed by atoms with E-state index >= 15 is 0 Å². The third-order valence-corrected chi connectivity index (χ3v) is 3.91. The predicted molar refractivity (Wildman–Crippen MR) is 69.1 cm³/mol. The topological polar surface area (TPSA) is 29.5 Å². The van der Waals surface area contributed by atoms with Gasteiger partial charge in [0.05, 0.1) is 6.10 Å². The van der Waals surface area contributed by atoms with Gasteiger partial charge in [0, 0.05) is 7.11 Å². The number of aliphatic hydroxyl groups is 1. The summed E-state index contributed by atoms with van der Waals surface area (Å²) in [6.45, 7) is 2.03. The van der Waals surface area contributed by atoms with Gasteiger partial charge in [0.15, 0.2) is 0 Å². The van der Waals surface area contributed by atoms with Crippen molar-refractivity contribution in [3.8, 4) is 0 Å². The average Bonchev–Trinajstić information content (AvgIpc) is 2.29. The largest absolute Gasteiger partial charge is 0.386 e. The Morgan fingerprint density at radius 1 is 1.29 bits per heavy atom. The van der Waals surface area contributed by atoms with Crippen molar-refractivity contribution in [2.45, 2.75) is 50.7 Å². The van der Waals surface area contributed by atoms with Crippen molar-refractivity contribution in [3.05, 3.63) is 35.4 Å². The van der Waals surface area contributed by atoms with Gasteiger partial charge in [-0.1, -0.05) is 37.6 Å². The van der Waals surface area contributed by atoms with Crippen molar-refractivity contribution in [3.63, 3.8) is 0 Å². The van der Waals surface area contributed by atoms with Gasteiger partial charge < -0.3 is 9.84 Å². The highest BCUT2D eigenvalue weighted by Crippen LogP contribution is 2.36. The molecule has 1 aromatic carbocycles. The number of methoxy groups -OCH3 is 1. The maximum Gasteiger partial charge on any atom is 0.105 e. The number of rotatable bonds is 5. The van der Waals surface area contributed by atoms with E-state index < -0.39 is 6.10 Å². The van der Waals surface area contributed by atoms with Crippen LogP contribution in [0.15, 0.2) is 24.3 Å². The molecule has 1 N–H and O–H groups in total. The van der Waals surface area contributed by atoms with Crippen LogP contribution < -0.4 is 0 Å². The molecule has 2 nitrogen and oxygen atoms in total. The van der Waals surface area contributed by atoms with Crippen LogP contribution in [0.3, 0.4) is 0 Å². The van der Waals surface area contributed by atoms with E-state index in [9.17, 15) is 5.11 Å². The summed E-state index contributed by atoms with van der Waals surface area (Å²) in [5.41, 5.74) is 2.37. The van der Waals surface area contributed by atoms with Gasteiger partial charge in [0.2, 0.25) is 0 Å². The summed E-state index contributed by atoms with van der Waals surface area (Å²) in [6.07, 6.45) is 4.19. The Morgan fingerprint density at radius 3 is 2.35 bits per heavy atom. The molecule has 1 aromatic rings. The minimum Gasteiger partial charge on any atom is -0.386 e. The van der Waals surface area contributed by atoms with E-state index in [0.717, 1.165) is 17.9 Å². The van der Waals surface area contributed by atoms with Crippen LogP contribution >= 0.6 is 0 Å². The Morgan fingerprint density at radius 2 is 1.94 bits per heavy atom. The molecule has 2 heteroatoms. The summed E-state index contributed by atoms with van der Waals surface area (Å²) >= 11 is 0. The molecule has 0 amide bonds. The fraction of sp³-hybridized carbons (Fsp3) is 0.600. The predicted octanol–water partition coefficient (Wildman–Crippen LogP) is 3.41. The molecular formula is C15H22O2. The molecular weight excluding hydrogens is 212 g/mol. The summed E-state index contributed by atoms with van der Waals surface area (Å²) in [5.74, 6) is 0.755. The van der Waals surface area contributed by atoms with Crippen LogP contribution in [0.2, 0.25) is 0 Å². The summed E-state index contributed by atoms with van der Waals surface area (Å²) in [7, 11) is 1.65. The van der Waals surface area contributed by atoms with Gasteiger partial charge in [0.25, 0.3) is 0 Å². The van der Waals surface area contributed by atoms with Gasteiger partial charge in [-0.3, -0.25) is 0 Å². The Balaban J connectivity index is 2.05. The van der Waals surface area contributed by atoms with Crippen molar-refractivity contribution in [2.75, 3.05) is 7.11 Å². The van der Waals surface area contributed by atoms with Gasteiger partial charge in [-0.25, -0.2) is 0 Å². The molecule has 0 radical (unpaired) electrons. The van der Waals surface area contributed by atoms with Crippen LogP contribution in [0.5, 0.6) is 0 Å². The van der Waals surface area contributed by atoms with E-state index in [-0.39, 0.29) is 6.10 Å². The number of benzene rings is 1. The van der Waals surface area contributed by atoms with E-state index in [1.54, 1.807) is 7.11 Å². The molecule has 1 fully saturated rings. The highest BCUT2D eigenvalue weighted by Gasteiger charge is 2.21. The monoisotopic (exact) mass is 234 g/mol. The lowest BCUT2D eigenvalue weighted by Gasteiger charge is -2.26. The highest BCUT2D eigenvalue weighted by atomic mass is 16.5. The third kappa shape index (κ3) is 2.70. The zero-order valence-electron chi connectivity index (χ0n) is 10.7. The number of ether oxygens (including phenoxy) is 1. The maximum absolute atomic E-state index is 10.2. The van der Waals surface area contributed by atoms with Crippen molar-refractivity contribution in [1.29, 1.82) is 0 Å². The van der Waals surface area contributed by atoms with E-state index in [1.807, 2.05) is 19.1 Å². The molecule has 2 atom stereocenters. The lowest BCUT2D eigenvalue weighted by atomic mass is 9.80. The van der Waals surface area contributed by atoms with Crippen LogP contribution in [-0.2, 0) is 4.74 Å². The van der Waals surface area contributed by atoms with Gasteiger partial charge >= 0.3 is 0 Å². The lowest BCUT2D eigenvalue weighted by Crippen LogP contribution is -2.20. The molecule has 94 valence electrons. The lowest BCUT2D eigenvalue weighted by molar-refractivity contribution is -0.0148. The van der Waals surface area contributed by atoms with Crippen molar-refractivity contribution < 1.29 is 9.84 Å². The summed E-state index contributed by atoms with van der Waals surface area (Å²) in [4.78, 5) is 0. The molecule has 17 heavy (non-hydrogen) atoms. The van der Waals surface area contributed by atoms with Crippen molar-refractivity contribution >= 4 is 0 Å². The molecule has 1 saturated carbocycles. The van der Waals surface area contributed by atoms with Crippen molar-refractivity contribution in [1.82, 2.24) is 0 Å². The molecule has 1 aliphatic rings. The highest BCUT2D eigenvalue weighted by molar-refractivity contribution is 5.28. The van der Waals surface area contributed by atoms with Gasteiger partial charge in [0.1, 0.15) is 6.10 Å². The number of hydrogen-bond donors (Lipinski definition) is 1. The van der Waals surface area contributed by atoms with Crippen LogP contribution in [-0.4, -0.2) is 18.3 Å². The van der Waals surface area contributed by atoms with Crippen LogP contribution in [0.25, 0.3) is 0 Å². The maximum atomic E-state index is 10.2. The first kappa shape index (κ1) is 12.6. The van der Waals surface area contributed by atoms with E-state index in [4.69, 9.17) is 4.74 Å². The number of hydrogen-bond acceptors (Lipinski definition) is 2. The van der Waals surface area contributed by atoms with E-state index in [1.165, 1.54) is 24.8 Å². The number of aliphatic hydroxyl groups excluding tert-OH is 1. The van der Waals surface area contributed by atoms with Crippen LogP contribution in [0.1, 0.15) is 55.8 Å². The molecule has 0 spiro atoms. The molecule has 0 heterocycles. The summed E-state index contributed by atoms with van der Waals surface area (Å²) < 4.78 is 5.28. The average molecular weight is 234 g/mol.